The number of carboxylic acid groups (broad SMARTS) is 3. The highest BCUT2D eigenvalue weighted by Gasteiger charge is 2.40. The van der Waals surface area contributed by atoms with Crippen molar-refractivity contribution < 1.29 is 59.2 Å². The fraction of sp³-hybridized carbons (Fsp3) is 0.566. The lowest BCUT2D eigenvalue weighted by Crippen LogP contribution is -2.45. The SMILES string of the molecule is CCCCCCCCCCCCCCCC(=O)OC[C@@H](NC(=O)C(Cl)Cl)[C@H](O)c1ccc([N+](=O)[O-])cc1.CCN(CCCc1ccccc1)CCCc1ccccc1.O=C(O)CC(O)(CC(=O)O)C(=O)O. The van der Waals surface area contributed by atoms with E-state index < -0.39 is 70.1 Å². The molecule has 0 heterocycles. The molecule has 0 bridgehead atoms. The highest BCUT2D eigenvalue weighted by Crippen LogP contribution is 2.22. The van der Waals surface area contributed by atoms with Crippen LogP contribution < -0.4 is 5.32 Å². The van der Waals surface area contributed by atoms with Crippen molar-refractivity contribution in [2.24, 2.45) is 0 Å². The van der Waals surface area contributed by atoms with Gasteiger partial charge in [0, 0.05) is 18.6 Å². The zero-order valence-electron chi connectivity index (χ0n) is 41.4. The Balaban J connectivity index is 0.000000616. The van der Waals surface area contributed by atoms with Gasteiger partial charge in [0.2, 0.25) is 0 Å². The molecule has 0 aliphatic rings. The third-order valence-corrected chi connectivity index (χ3v) is 12.0. The first-order valence-electron chi connectivity index (χ1n) is 24.8. The molecule has 0 aromatic heterocycles. The topological polar surface area (TPSA) is 254 Å². The van der Waals surface area contributed by atoms with Crippen LogP contribution in [0.5, 0.6) is 0 Å². The molecule has 0 aliphatic heterocycles. The van der Waals surface area contributed by atoms with Crippen molar-refractivity contribution in [3.05, 3.63) is 112 Å². The van der Waals surface area contributed by atoms with Gasteiger partial charge in [-0.1, -0.05) is 175 Å². The minimum atomic E-state index is -2.74. The Morgan fingerprint density at radius 2 is 1.11 bits per heavy atom. The Kier molecular flexibility index (Phi) is 34.7. The standard InChI is InChI=1S/C27H42Cl2N2O6.C20H27N.C6H8O7/c1-2-3-4-5-6-7-8-9-10-11-12-13-14-15-24(32)37-20-23(30-27(34)26(28)29)25(33)21-16-18-22(19-17-21)31(35)36;1-2-21(17-9-15-19-11-5-3-6-12-19)18-10-16-20-13-7-4-8-14-20;7-3(8)1-6(13,5(11)12)2-4(9)10/h16-19,23,25-26,33H,2-15,20H2,1H3,(H,30,34);3-8,11-14H,2,9-10,15-18H2,1H3;13H,1-2H2,(H,7,8)(H,9,10)(H,11,12)/t23-,25-;;/m1../s1. The van der Waals surface area contributed by atoms with Gasteiger partial charge in [0.25, 0.3) is 11.6 Å². The molecule has 396 valence electrons. The molecule has 0 spiro atoms. The summed E-state index contributed by atoms with van der Waals surface area (Å²) in [6, 6.07) is 25.8. The van der Waals surface area contributed by atoms with E-state index in [9.17, 15) is 39.2 Å². The van der Waals surface area contributed by atoms with Crippen molar-refractivity contribution in [1.29, 1.82) is 0 Å². The number of aryl methyl sites for hydroxylation is 2. The number of carbonyl (C=O) groups is 5. The first-order chi connectivity index (χ1) is 33.9. The van der Waals surface area contributed by atoms with Gasteiger partial charge in [0.15, 0.2) is 10.4 Å². The number of nitro groups is 1. The van der Waals surface area contributed by atoms with Gasteiger partial charge >= 0.3 is 23.9 Å². The van der Waals surface area contributed by atoms with Crippen LogP contribution in [0.15, 0.2) is 84.9 Å². The van der Waals surface area contributed by atoms with Crippen LogP contribution in [0.25, 0.3) is 0 Å². The third-order valence-electron chi connectivity index (χ3n) is 11.6. The number of ether oxygens (including phenoxy) is 1. The molecule has 6 N–H and O–H groups in total. The number of halogens is 2. The van der Waals surface area contributed by atoms with Crippen LogP contribution in [-0.4, -0.2) is 108 Å². The van der Waals surface area contributed by atoms with E-state index >= 15 is 0 Å². The van der Waals surface area contributed by atoms with Gasteiger partial charge in [-0.3, -0.25) is 29.3 Å². The van der Waals surface area contributed by atoms with Crippen LogP contribution in [0.3, 0.4) is 0 Å². The number of rotatable bonds is 35. The van der Waals surface area contributed by atoms with Gasteiger partial charge < -0.3 is 40.5 Å². The molecular formula is C53H77Cl2N3O13. The number of nitro benzene ring substituents is 1. The number of unbranched alkanes of at least 4 members (excludes halogenated alkanes) is 12. The second kappa shape index (κ2) is 38.5. The quantitative estimate of drug-likeness (QED) is 0.0105. The van der Waals surface area contributed by atoms with Crippen molar-refractivity contribution >= 4 is 58.7 Å². The molecule has 3 rings (SSSR count). The molecule has 2 atom stereocenters. The number of nitrogens with one attached hydrogen (secondary N) is 1. The number of amides is 1. The van der Waals surface area contributed by atoms with Crippen LogP contribution in [0.1, 0.15) is 152 Å². The number of hydrogen-bond acceptors (Lipinski definition) is 11. The molecule has 16 nitrogen and oxygen atoms in total. The number of nitrogens with zero attached hydrogens (tertiary/aromatic N) is 2. The molecular weight excluding hydrogens is 957 g/mol. The van der Waals surface area contributed by atoms with Crippen molar-refractivity contribution in [2.75, 3.05) is 26.2 Å². The fourth-order valence-electron chi connectivity index (χ4n) is 7.47. The third kappa shape index (κ3) is 31.1. The summed E-state index contributed by atoms with van der Waals surface area (Å²) < 4.78 is 5.29. The molecule has 0 fully saturated rings. The summed E-state index contributed by atoms with van der Waals surface area (Å²) in [6.07, 6.45) is 17.3. The minimum Gasteiger partial charge on any atom is -0.481 e. The maximum Gasteiger partial charge on any atom is 0.336 e. The van der Waals surface area contributed by atoms with E-state index in [2.05, 4.69) is 84.7 Å². The molecule has 3 aromatic carbocycles. The van der Waals surface area contributed by atoms with Crippen LogP contribution in [0.4, 0.5) is 5.69 Å². The second-order valence-electron chi connectivity index (χ2n) is 17.5. The number of hydrogen-bond donors (Lipinski definition) is 6. The number of carbonyl (C=O) groups excluding carboxylic acids is 2. The summed E-state index contributed by atoms with van der Waals surface area (Å²) >= 11 is 11.2. The largest absolute Gasteiger partial charge is 0.481 e. The number of aliphatic carboxylic acids is 3. The second-order valence-corrected chi connectivity index (χ2v) is 18.6. The molecule has 3 aromatic rings. The Labute approximate surface area is 429 Å². The Hall–Kier alpha value is -5.13. The maximum absolute atomic E-state index is 12.2. The number of non-ortho nitro benzene ring substituents is 1. The van der Waals surface area contributed by atoms with Crippen LogP contribution in [0, 0.1) is 10.1 Å². The molecule has 0 radical (unpaired) electrons. The molecule has 0 saturated heterocycles. The van der Waals surface area contributed by atoms with Crippen molar-refractivity contribution in [2.45, 2.75) is 165 Å². The number of carboxylic acids is 3. The lowest BCUT2D eigenvalue weighted by molar-refractivity contribution is -0.384. The van der Waals surface area contributed by atoms with E-state index in [0.717, 1.165) is 19.4 Å². The Morgan fingerprint density at radius 1 is 0.676 bits per heavy atom. The van der Waals surface area contributed by atoms with Crippen molar-refractivity contribution in [3.8, 4) is 0 Å². The summed E-state index contributed by atoms with van der Waals surface area (Å²) in [7, 11) is 0. The number of aliphatic hydroxyl groups excluding tert-OH is 1. The van der Waals surface area contributed by atoms with Gasteiger partial charge in [0.1, 0.15) is 12.7 Å². The normalized spacial score (nSPS) is 11.9. The summed E-state index contributed by atoms with van der Waals surface area (Å²) in [5, 5.41) is 57.8. The van der Waals surface area contributed by atoms with E-state index in [1.54, 1.807) is 0 Å². The minimum absolute atomic E-state index is 0.137. The number of aliphatic hydroxyl groups is 2. The van der Waals surface area contributed by atoms with Crippen molar-refractivity contribution in [1.82, 2.24) is 10.2 Å². The van der Waals surface area contributed by atoms with E-state index in [1.807, 2.05) is 0 Å². The highest BCUT2D eigenvalue weighted by molar-refractivity contribution is 6.53. The molecule has 71 heavy (non-hydrogen) atoms. The predicted molar refractivity (Wildman–Crippen MR) is 275 cm³/mol. The lowest BCUT2D eigenvalue weighted by atomic mass is 9.96. The van der Waals surface area contributed by atoms with E-state index in [4.69, 9.17) is 48.4 Å². The maximum atomic E-state index is 12.2. The molecule has 1 amide bonds. The summed E-state index contributed by atoms with van der Waals surface area (Å²) in [5.74, 6) is -6.19. The van der Waals surface area contributed by atoms with Crippen LogP contribution >= 0.6 is 23.2 Å². The molecule has 0 unspecified atom stereocenters. The van der Waals surface area contributed by atoms with Gasteiger partial charge in [-0.2, -0.15) is 0 Å². The summed E-state index contributed by atoms with van der Waals surface area (Å²) in [6.45, 7) is 7.79. The molecule has 0 aliphatic carbocycles. The van der Waals surface area contributed by atoms with Crippen LogP contribution in [-0.2, 0) is 41.6 Å². The average molecular weight is 1040 g/mol. The number of esters is 1. The predicted octanol–water partition coefficient (Wildman–Crippen LogP) is 10.3. The zero-order chi connectivity index (χ0) is 52.9. The van der Waals surface area contributed by atoms with Gasteiger partial charge in [0.05, 0.1) is 23.8 Å². The van der Waals surface area contributed by atoms with E-state index in [1.165, 1.54) is 138 Å². The molecule has 0 saturated carbocycles. The average Bonchev–Trinajstić information content (AvgIpc) is 3.34. The zero-order valence-corrected chi connectivity index (χ0v) is 42.9. The van der Waals surface area contributed by atoms with Crippen molar-refractivity contribution in [3.63, 3.8) is 0 Å². The summed E-state index contributed by atoms with van der Waals surface area (Å²) in [4.78, 5) is 66.2. The number of benzene rings is 3. The van der Waals surface area contributed by atoms with Gasteiger partial charge in [-0.15, -0.1) is 0 Å². The fourth-order valence-corrected chi connectivity index (χ4v) is 7.60. The summed E-state index contributed by atoms with van der Waals surface area (Å²) in [5.41, 5.74) is 0.347. The lowest BCUT2D eigenvalue weighted by Gasteiger charge is -2.24. The highest BCUT2D eigenvalue weighted by atomic mass is 35.5. The van der Waals surface area contributed by atoms with Gasteiger partial charge in [-0.05, 0) is 80.6 Å². The first kappa shape index (κ1) is 63.9. The molecule has 18 heteroatoms. The monoisotopic (exact) mass is 1030 g/mol. The van der Waals surface area contributed by atoms with E-state index in [-0.39, 0.29) is 18.7 Å². The smallest absolute Gasteiger partial charge is 0.336 e. The first-order valence-corrected chi connectivity index (χ1v) is 25.7. The van der Waals surface area contributed by atoms with E-state index in [0.29, 0.717) is 12.0 Å². The van der Waals surface area contributed by atoms with Gasteiger partial charge in [-0.25, -0.2) is 4.79 Å². The number of alkyl halides is 2. The van der Waals surface area contributed by atoms with Crippen LogP contribution in [0.2, 0.25) is 0 Å². The Morgan fingerprint density at radius 3 is 1.49 bits per heavy atom. The Bertz CT molecular complexity index is 1880.